The van der Waals surface area contributed by atoms with Gasteiger partial charge < -0.3 is 10.1 Å². The van der Waals surface area contributed by atoms with Crippen LogP contribution >= 0.6 is 0 Å². The molecule has 1 aromatic carbocycles. The number of carbonyl (C=O) groups is 2. The fourth-order valence-corrected chi connectivity index (χ4v) is 3.31. The summed E-state index contributed by atoms with van der Waals surface area (Å²) in [6.07, 6.45) is 3.09. The number of hydrogen-bond donors (Lipinski definition) is 2. The van der Waals surface area contributed by atoms with E-state index < -0.39 is 6.03 Å². The fourth-order valence-electron chi connectivity index (χ4n) is 3.31. The first kappa shape index (κ1) is 24.4. The molecule has 2 aromatic rings. The third-order valence-electron chi connectivity index (χ3n) is 5.13. The SMILES string of the molecule is CCCCCNC(=O)COc1nn(-c2ccccc2)c(NC(=O)N=C2CON(CC)C2)c1C. The van der Waals surface area contributed by atoms with Crippen LogP contribution in [-0.2, 0) is 9.63 Å². The van der Waals surface area contributed by atoms with E-state index in [4.69, 9.17) is 9.57 Å². The molecule has 1 aliphatic rings. The van der Waals surface area contributed by atoms with Crippen molar-refractivity contribution < 1.29 is 19.2 Å². The zero-order valence-corrected chi connectivity index (χ0v) is 19.5. The van der Waals surface area contributed by atoms with Gasteiger partial charge in [-0.3, -0.25) is 14.9 Å². The molecule has 0 atom stereocenters. The number of hydroxylamine groups is 2. The first-order valence-corrected chi connectivity index (χ1v) is 11.3. The monoisotopic (exact) mass is 456 g/mol. The Morgan fingerprint density at radius 3 is 2.70 bits per heavy atom. The van der Waals surface area contributed by atoms with Crippen LogP contribution in [0.2, 0.25) is 0 Å². The van der Waals surface area contributed by atoms with E-state index >= 15 is 0 Å². The van der Waals surface area contributed by atoms with Crippen molar-refractivity contribution in [3.8, 4) is 11.6 Å². The zero-order chi connectivity index (χ0) is 23.6. The minimum absolute atomic E-state index is 0.154. The summed E-state index contributed by atoms with van der Waals surface area (Å²) >= 11 is 0. The molecule has 0 bridgehead atoms. The standard InChI is InChI=1S/C23H32N6O4/c1-4-6-10-13-24-20(30)16-32-22-17(3)21(29(27-22)19-11-8-7-9-12-19)26-23(31)25-18-14-28(5-2)33-15-18/h7-9,11-12H,4-6,10,13-16H2,1-3H3,(H,24,30)(H,26,31). The Balaban J connectivity index is 1.73. The Bertz CT molecular complexity index is 973. The number of rotatable bonds is 10. The molecule has 33 heavy (non-hydrogen) atoms. The van der Waals surface area contributed by atoms with Crippen LogP contribution in [0.25, 0.3) is 5.69 Å². The van der Waals surface area contributed by atoms with Crippen LogP contribution in [-0.4, -0.2) is 65.3 Å². The van der Waals surface area contributed by atoms with Crippen LogP contribution in [0.5, 0.6) is 5.88 Å². The van der Waals surface area contributed by atoms with Crippen LogP contribution in [0.4, 0.5) is 10.6 Å². The average Bonchev–Trinajstić information content (AvgIpc) is 3.40. The number of benzene rings is 1. The smallest absolute Gasteiger partial charge is 0.346 e. The van der Waals surface area contributed by atoms with Crippen molar-refractivity contribution >= 4 is 23.5 Å². The maximum atomic E-state index is 12.6. The number of nitrogens with one attached hydrogen (secondary N) is 2. The van der Waals surface area contributed by atoms with Gasteiger partial charge in [-0.05, 0) is 25.5 Å². The van der Waals surface area contributed by atoms with Gasteiger partial charge in [0.15, 0.2) is 6.61 Å². The van der Waals surface area contributed by atoms with Crippen LogP contribution in [0.3, 0.4) is 0 Å². The lowest BCUT2D eigenvalue weighted by atomic mass is 10.2. The lowest BCUT2D eigenvalue weighted by Gasteiger charge is -2.08. The second-order valence-electron chi connectivity index (χ2n) is 7.71. The molecule has 3 amide bonds. The summed E-state index contributed by atoms with van der Waals surface area (Å²) in [7, 11) is 0. The molecule has 0 radical (unpaired) electrons. The van der Waals surface area contributed by atoms with Crippen molar-refractivity contribution in [2.24, 2.45) is 4.99 Å². The third-order valence-corrected chi connectivity index (χ3v) is 5.13. The van der Waals surface area contributed by atoms with Crippen molar-refractivity contribution in [2.45, 2.75) is 40.0 Å². The van der Waals surface area contributed by atoms with Gasteiger partial charge in [0.2, 0.25) is 5.88 Å². The highest BCUT2D eigenvalue weighted by Gasteiger charge is 2.22. The number of aromatic nitrogens is 2. The molecule has 3 rings (SSSR count). The summed E-state index contributed by atoms with van der Waals surface area (Å²) in [4.78, 5) is 34.3. The lowest BCUT2D eigenvalue weighted by molar-refractivity contribution is -0.123. The molecule has 1 aliphatic heterocycles. The predicted octanol–water partition coefficient (Wildman–Crippen LogP) is 3.11. The van der Waals surface area contributed by atoms with Gasteiger partial charge in [-0.2, -0.15) is 10.1 Å². The van der Waals surface area contributed by atoms with Gasteiger partial charge in [0.05, 0.1) is 23.5 Å². The maximum absolute atomic E-state index is 12.6. The molecule has 10 nitrogen and oxygen atoms in total. The molecular weight excluding hydrogens is 424 g/mol. The maximum Gasteiger partial charge on any atom is 0.346 e. The number of nitrogens with zero attached hydrogens (tertiary/aromatic N) is 4. The second kappa shape index (κ2) is 12.1. The summed E-state index contributed by atoms with van der Waals surface area (Å²) in [6.45, 7) is 7.82. The summed E-state index contributed by atoms with van der Waals surface area (Å²) in [5.41, 5.74) is 1.99. The topological polar surface area (TPSA) is 110 Å². The number of anilines is 1. The van der Waals surface area contributed by atoms with E-state index in [-0.39, 0.29) is 18.4 Å². The van der Waals surface area contributed by atoms with Gasteiger partial charge in [-0.25, -0.2) is 9.48 Å². The summed E-state index contributed by atoms with van der Waals surface area (Å²) in [6, 6.07) is 8.84. The molecule has 1 aromatic heterocycles. The number of para-hydroxylation sites is 1. The molecular formula is C23H32N6O4. The van der Waals surface area contributed by atoms with Crippen molar-refractivity contribution in [1.82, 2.24) is 20.2 Å². The third kappa shape index (κ3) is 6.87. The van der Waals surface area contributed by atoms with E-state index in [1.165, 1.54) is 0 Å². The van der Waals surface area contributed by atoms with E-state index in [9.17, 15) is 9.59 Å². The molecule has 178 valence electrons. The van der Waals surface area contributed by atoms with Crippen molar-refractivity contribution in [3.63, 3.8) is 0 Å². The van der Waals surface area contributed by atoms with Crippen molar-refractivity contribution in [2.75, 3.05) is 38.2 Å². The summed E-state index contributed by atoms with van der Waals surface area (Å²) < 4.78 is 7.26. The number of hydrogen-bond acceptors (Lipinski definition) is 6. The number of amides is 3. The fraction of sp³-hybridized carbons (Fsp3) is 0.478. The molecule has 2 N–H and O–H groups in total. The molecule has 1 saturated heterocycles. The Labute approximate surface area is 193 Å². The van der Waals surface area contributed by atoms with E-state index in [1.807, 2.05) is 37.3 Å². The van der Waals surface area contributed by atoms with Gasteiger partial charge in [0.1, 0.15) is 12.4 Å². The van der Waals surface area contributed by atoms with Crippen LogP contribution in [0.1, 0.15) is 38.7 Å². The molecule has 0 unspecified atom stereocenters. The normalized spacial score (nSPS) is 15.1. The zero-order valence-electron chi connectivity index (χ0n) is 19.5. The van der Waals surface area contributed by atoms with Gasteiger partial charge >= 0.3 is 6.03 Å². The highest BCUT2D eigenvalue weighted by Crippen LogP contribution is 2.28. The average molecular weight is 457 g/mol. The summed E-state index contributed by atoms with van der Waals surface area (Å²) in [5, 5.41) is 11.9. The first-order valence-electron chi connectivity index (χ1n) is 11.3. The van der Waals surface area contributed by atoms with E-state index in [2.05, 4.69) is 27.6 Å². The highest BCUT2D eigenvalue weighted by atomic mass is 16.7. The molecule has 0 aliphatic carbocycles. The predicted molar refractivity (Wildman–Crippen MR) is 126 cm³/mol. The number of aliphatic imine (C=N–C) groups is 1. The quantitative estimate of drug-likeness (QED) is 0.532. The Morgan fingerprint density at radius 2 is 2.00 bits per heavy atom. The minimum Gasteiger partial charge on any atom is -0.466 e. The van der Waals surface area contributed by atoms with E-state index in [1.54, 1.807) is 16.7 Å². The minimum atomic E-state index is -0.521. The van der Waals surface area contributed by atoms with Gasteiger partial charge in [0, 0.05) is 13.1 Å². The molecule has 1 fully saturated rings. The lowest BCUT2D eigenvalue weighted by Crippen LogP contribution is -2.29. The van der Waals surface area contributed by atoms with Crippen LogP contribution < -0.4 is 15.4 Å². The van der Waals surface area contributed by atoms with Gasteiger partial charge in [-0.1, -0.05) is 44.9 Å². The largest absolute Gasteiger partial charge is 0.466 e. The van der Waals surface area contributed by atoms with Gasteiger partial charge in [0.25, 0.3) is 5.91 Å². The van der Waals surface area contributed by atoms with Crippen LogP contribution in [0, 0.1) is 6.92 Å². The second-order valence-corrected chi connectivity index (χ2v) is 7.71. The number of urea groups is 1. The van der Waals surface area contributed by atoms with Crippen molar-refractivity contribution in [3.05, 3.63) is 35.9 Å². The molecule has 10 heteroatoms. The summed E-state index contributed by atoms with van der Waals surface area (Å²) in [5.74, 6) is 0.491. The molecule has 2 heterocycles. The van der Waals surface area contributed by atoms with Gasteiger partial charge in [-0.15, -0.1) is 5.10 Å². The van der Waals surface area contributed by atoms with Crippen LogP contribution in [0.15, 0.2) is 35.3 Å². The molecule has 0 saturated carbocycles. The first-order chi connectivity index (χ1) is 16.0. The number of carbonyl (C=O) groups excluding carboxylic acids is 2. The Hall–Kier alpha value is -3.24. The number of ether oxygens (including phenoxy) is 1. The highest BCUT2D eigenvalue weighted by molar-refractivity contribution is 6.02. The Morgan fingerprint density at radius 1 is 1.21 bits per heavy atom. The molecule has 0 spiro atoms. The Kier molecular flexibility index (Phi) is 8.96. The number of unbranched alkanes of at least 4 members (excludes halogenated alkanes) is 2. The van der Waals surface area contributed by atoms with Crippen molar-refractivity contribution in [1.29, 1.82) is 0 Å². The van der Waals surface area contributed by atoms with E-state index in [0.29, 0.717) is 43.3 Å². The van der Waals surface area contributed by atoms with E-state index in [0.717, 1.165) is 24.9 Å².